The summed E-state index contributed by atoms with van der Waals surface area (Å²) in [7, 11) is 0. The molecule has 6 nitrogen and oxygen atoms in total. The molecule has 1 unspecified atom stereocenters. The maximum absolute atomic E-state index is 12.1. The van der Waals surface area contributed by atoms with Gasteiger partial charge in [0.05, 0.1) is 6.04 Å². The Morgan fingerprint density at radius 2 is 1.93 bits per heavy atom. The Morgan fingerprint density at radius 1 is 1.14 bits per heavy atom. The molecule has 0 spiro atoms. The Balaban J connectivity index is 1.64. The van der Waals surface area contributed by atoms with Crippen LogP contribution in [-0.2, 0) is 14.3 Å². The van der Waals surface area contributed by atoms with E-state index < -0.39 is 5.97 Å². The second-order valence-corrected chi connectivity index (χ2v) is 7.13. The molecular weight excluding hydrogens is 376 g/mol. The van der Waals surface area contributed by atoms with Crippen molar-refractivity contribution in [2.24, 2.45) is 0 Å². The van der Waals surface area contributed by atoms with Crippen LogP contribution in [0.1, 0.15) is 54.6 Å². The van der Waals surface area contributed by atoms with Crippen LogP contribution in [0.2, 0.25) is 0 Å². The summed E-state index contributed by atoms with van der Waals surface area (Å²) in [5.41, 5.74) is 1.65. The van der Waals surface area contributed by atoms with Crippen LogP contribution in [0, 0.1) is 0 Å². The number of benzene rings is 1. The Kier molecular flexibility index (Phi) is 9.21. The number of hydrogen-bond acceptors (Lipinski definition) is 5. The van der Waals surface area contributed by atoms with Crippen LogP contribution in [0.15, 0.2) is 47.2 Å². The summed E-state index contributed by atoms with van der Waals surface area (Å²) in [4.78, 5) is 35.7. The topological polar surface area (TPSA) is 84.5 Å². The first-order valence-corrected chi connectivity index (χ1v) is 10.3. The summed E-state index contributed by atoms with van der Waals surface area (Å²) in [6, 6.07) is 11.4. The quantitative estimate of drug-likeness (QED) is 0.445. The van der Waals surface area contributed by atoms with Crippen molar-refractivity contribution in [2.45, 2.75) is 38.6 Å². The van der Waals surface area contributed by atoms with Crippen molar-refractivity contribution in [1.82, 2.24) is 10.6 Å². The van der Waals surface area contributed by atoms with E-state index in [9.17, 15) is 14.4 Å². The average Bonchev–Trinajstić information content (AvgIpc) is 3.25. The minimum atomic E-state index is -0.452. The number of carbonyl (C=O) groups excluding carboxylic acids is 3. The summed E-state index contributed by atoms with van der Waals surface area (Å²) < 4.78 is 5.04. The normalized spacial score (nSPS) is 11.5. The maximum Gasteiger partial charge on any atom is 0.306 e. The van der Waals surface area contributed by atoms with Crippen LogP contribution in [0.25, 0.3) is 0 Å². The minimum absolute atomic E-state index is 0.0929. The molecule has 0 radical (unpaired) electrons. The summed E-state index contributed by atoms with van der Waals surface area (Å²) in [6.07, 6.45) is 2.34. The highest BCUT2D eigenvalue weighted by atomic mass is 32.1. The van der Waals surface area contributed by atoms with Crippen LogP contribution in [0.4, 0.5) is 0 Å². The summed E-state index contributed by atoms with van der Waals surface area (Å²) in [5, 5.41) is 9.26. The monoisotopic (exact) mass is 402 g/mol. The number of esters is 1. The second-order valence-electron chi connectivity index (χ2n) is 6.35. The van der Waals surface area contributed by atoms with Gasteiger partial charge in [0.25, 0.3) is 11.8 Å². The molecule has 7 heteroatoms. The van der Waals surface area contributed by atoms with Gasteiger partial charge in [-0.3, -0.25) is 14.4 Å². The molecule has 0 bridgehead atoms. The lowest BCUT2D eigenvalue weighted by molar-refractivity contribution is -0.148. The zero-order valence-electron chi connectivity index (χ0n) is 16.0. The van der Waals surface area contributed by atoms with Crippen molar-refractivity contribution in [2.75, 3.05) is 13.2 Å². The summed E-state index contributed by atoms with van der Waals surface area (Å²) >= 11 is 1.45. The SMILES string of the molecule is CCCC(NC(=O)COC(=O)CCCNC(=O)c1ccsc1)c1ccccc1. The Morgan fingerprint density at radius 3 is 2.61 bits per heavy atom. The number of amides is 2. The molecule has 2 N–H and O–H groups in total. The molecule has 0 fully saturated rings. The molecule has 2 amide bonds. The summed E-state index contributed by atoms with van der Waals surface area (Å²) in [6.45, 7) is 2.13. The molecule has 1 atom stereocenters. The van der Waals surface area contributed by atoms with Crippen LogP contribution < -0.4 is 10.6 Å². The first-order valence-electron chi connectivity index (χ1n) is 9.40. The van der Waals surface area contributed by atoms with E-state index in [0.717, 1.165) is 18.4 Å². The molecule has 0 saturated carbocycles. The van der Waals surface area contributed by atoms with Gasteiger partial charge in [-0.25, -0.2) is 0 Å². The van der Waals surface area contributed by atoms with Gasteiger partial charge >= 0.3 is 5.97 Å². The lowest BCUT2D eigenvalue weighted by Crippen LogP contribution is -2.32. The third-order valence-corrected chi connectivity index (χ3v) is 4.79. The van der Waals surface area contributed by atoms with E-state index in [1.807, 2.05) is 35.7 Å². The van der Waals surface area contributed by atoms with E-state index in [1.54, 1.807) is 11.4 Å². The zero-order valence-corrected chi connectivity index (χ0v) is 16.8. The number of nitrogens with one attached hydrogen (secondary N) is 2. The molecule has 0 saturated heterocycles. The molecule has 2 rings (SSSR count). The fraction of sp³-hybridized carbons (Fsp3) is 0.381. The van der Waals surface area contributed by atoms with Crippen molar-refractivity contribution >= 4 is 29.1 Å². The molecule has 1 heterocycles. The van der Waals surface area contributed by atoms with Crippen LogP contribution in [-0.4, -0.2) is 30.9 Å². The predicted molar refractivity (Wildman–Crippen MR) is 109 cm³/mol. The maximum atomic E-state index is 12.1. The lowest BCUT2D eigenvalue weighted by Gasteiger charge is -2.18. The molecule has 2 aromatic rings. The third kappa shape index (κ3) is 7.52. The highest BCUT2D eigenvalue weighted by molar-refractivity contribution is 7.08. The van der Waals surface area contributed by atoms with Gasteiger partial charge < -0.3 is 15.4 Å². The largest absolute Gasteiger partial charge is 0.456 e. The number of thiophene rings is 1. The van der Waals surface area contributed by atoms with Crippen LogP contribution >= 0.6 is 11.3 Å². The standard InChI is InChI=1S/C21H26N2O4S/c1-2-7-18(16-8-4-3-5-9-16)23-19(24)14-27-20(25)10-6-12-22-21(26)17-11-13-28-15-17/h3-5,8-9,11,13,15,18H,2,6-7,10,12,14H2,1H3,(H,22,26)(H,23,24). The van der Waals surface area contributed by atoms with Gasteiger partial charge in [0, 0.05) is 23.9 Å². The smallest absolute Gasteiger partial charge is 0.306 e. The van der Waals surface area contributed by atoms with Crippen molar-refractivity contribution in [3.8, 4) is 0 Å². The van der Waals surface area contributed by atoms with Gasteiger partial charge in [0.2, 0.25) is 0 Å². The van der Waals surface area contributed by atoms with Gasteiger partial charge in [0.1, 0.15) is 0 Å². The number of hydrogen-bond donors (Lipinski definition) is 2. The molecule has 0 aliphatic heterocycles. The van der Waals surface area contributed by atoms with Gasteiger partial charge in [-0.1, -0.05) is 43.7 Å². The highest BCUT2D eigenvalue weighted by Crippen LogP contribution is 2.17. The Labute approximate surface area is 169 Å². The average molecular weight is 403 g/mol. The van der Waals surface area contributed by atoms with Gasteiger partial charge in [-0.15, -0.1) is 0 Å². The second kappa shape index (κ2) is 11.9. The fourth-order valence-corrected chi connectivity index (χ4v) is 3.32. The van der Waals surface area contributed by atoms with E-state index >= 15 is 0 Å². The van der Waals surface area contributed by atoms with Gasteiger partial charge in [-0.05, 0) is 29.9 Å². The molecule has 28 heavy (non-hydrogen) atoms. The number of rotatable bonds is 11. The molecular formula is C21H26N2O4S. The van der Waals surface area contributed by atoms with E-state index in [0.29, 0.717) is 18.5 Å². The molecule has 0 aliphatic carbocycles. The van der Waals surface area contributed by atoms with Gasteiger partial charge in [-0.2, -0.15) is 11.3 Å². The first-order chi connectivity index (χ1) is 13.6. The van der Waals surface area contributed by atoms with E-state index in [-0.39, 0.29) is 30.9 Å². The minimum Gasteiger partial charge on any atom is -0.456 e. The van der Waals surface area contributed by atoms with Crippen LogP contribution in [0.5, 0.6) is 0 Å². The van der Waals surface area contributed by atoms with E-state index in [2.05, 4.69) is 17.6 Å². The van der Waals surface area contributed by atoms with Crippen molar-refractivity contribution in [1.29, 1.82) is 0 Å². The summed E-state index contributed by atoms with van der Waals surface area (Å²) in [5.74, 6) is -0.926. The molecule has 1 aromatic heterocycles. The van der Waals surface area contributed by atoms with E-state index in [1.165, 1.54) is 11.3 Å². The number of carbonyl (C=O) groups is 3. The van der Waals surface area contributed by atoms with Crippen molar-refractivity contribution < 1.29 is 19.1 Å². The van der Waals surface area contributed by atoms with Crippen LogP contribution in [0.3, 0.4) is 0 Å². The van der Waals surface area contributed by atoms with Crippen molar-refractivity contribution in [3.05, 3.63) is 58.3 Å². The molecule has 0 aliphatic rings. The Bertz CT molecular complexity index is 747. The van der Waals surface area contributed by atoms with Gasteiger partial charge in [0.15, 0.2) is 6.61 Å². The highest BCUT2D eigenvalue weighted by Gasteiger charge is 2.15. The predicted octanol–water partition coefficient (Wildman–Crippen LogP) is 3.46. The Hall–Kier alpha value is -2.67. The number of ether oxygens (including phenoxy) is 1. The first kappa shape index (κ1) is 21.6. The molecule has 150 valence electrons. The van der Waals surface area contributed by atoms with Crippen molar-refractivity contribution in [3.63, 3.8) is 0 Å². The lowest BCUT2D eigenvalue weighted by atomic mass is 10.0. The fourth-order valence-electron chi connectivity index (χ4n) is 2.68. The third-order valence-electron chi connectivity index (χ3n) is 4.11. The zero-order chi connectivity index (χ0) is 20.2. The molecule has 1 aromatic carbocycles. The van der Waals surface area contributed by atoms with E-state index in [4.69, 9.17) is 4.74 Å².